The molecule has 4 rings (SSSR count). The van der Waals surface area contributed by atoms with Crippen molar-refractivity contribution in [2.45, 2.75) is 26.8 Å². The lowest BCUT2D eigenvalue weighted by molar-refractivity contribution is 0.285. The maximum atomic E-state index is 12.5. The van der Waals surface area contributed by atoms with Gasteiger partial charge in [-0.3, -0.25) is 9.78 Å². The zero-order valence-corrected chi connectivity index (χ0v) is 17.8. The number of ether oxygens (including phenoxy) is 2. The van der Waals surface area contributed by atoms with Crippen LogP contribution in [0.25, 0.3) is 10.9 Å². The molecule has 0 aliphatic rings. The number of hydrogen-bond donors (Lipinski definition) is 2. The van der Waals surface area contributed by atoms with Gasteiger partial charge in [-0.25, -0.2) is 4.98 Å². The predicted octanol–water partition coefficient (Wildman–Crippen LogP) is 3.96. The Bertz CT molecular complexity index is 1230. The third-order valence-corrected chi connectivity index (χ3v) is 5.11. The molecular weight excluding hydrogens is 394 g/mol. The lowest BCUT2D eigenvalue weighted by Crippen LogP contribution is -2.10. The second-order valence-corrected chi connectivity index (χ2v) is 7.34. The molecule has 0 aliphatic heterocycles. The van der Waals surface area contributed by atoms with Crippen molar-refractivity contribution in [1.29, 1.82) is 0 Å². The molecule has 8 heteroatoms. The fourth-order valence-corrected chi connectivity index (χ4v) is 3.56. The van der Waals surface area contributed by atoms with Crippen molar-refractivity contribution in [3.8, 4) is 11.5 Å². The van der Waals surface area contributed by atoms with E-state index in [1.807, 2.05) is 36.7 Å². The number of benzene rings is 1. The Morgan fingerprint density at radius 2 is 1.97 bits per heavy atom. The summed E-state index contributed by atoms with van der Waals surface area (Å²) < 4.78 is 13.6. The van der Waals surface area contributed by atoms with Crippen LogP contribution in [0, 0.1) is 13.8 Å². The number of methoxy groups -OCH3 is 1. The van der Waals surface area contributed by atoms with Gasteiger partial charge < -0.3 is 24.3 Å². The number of pyridine rings is 2. The van der Waals surface area contributed by atoms with Crippen molar-refractivity contribution < 1.29 is 9.47 Å². The van der Waals surface area contributed by atoms with Crippen LogP contribution in [0.15, 0.2) is 54.1 Å². The highest BCUT2D eigenvalue weighted by Crippen LogP contribution is 2.37. The van der Waals surface area contributed by atoms with Gasteiger partial charge in [0.25, 0.3) is 5.56 Å². The summed E-state index contributed by atoms with van der Waals surface area (Å²) in [7, 11) is 1.59. The smallest absolute Gasteiger partial charge is 0.250 e. The molecule has 0 bridgehead atoms. The Hall–Kier alpha value is -3.81. The fourth-order valence-electron chi connectivity index (χ4n) is 3.56. The van der Waals surface area contributed by atoms with Crippen molar-refractivity contribution in [3.05, 3.63) is 70.8 Å². The van der Waals surface area contributed by atoms with E-state index >= 15 is 0 Å². The fraction of sp³-hybridized carbons (Fsp3) is 0.261. The number of imidazole rings is 1. The van der Waals surface area contributed by atoms with E-state index in [0.717, 1.165) is 35.2 Å². The monoisotopic (exact) mass is 419 g/mol. The topological polar surface area (TPSA) is 94.1 Å². The van der Waals surface area contributed by atoms with E-state index in [0.29, 0.717) is 29.3 Å². The first-order chi connectivity index (χ1) is 15.1. The van der Waals surface area contributed by atoms with Crippen LogP contribution >= 0.6 is 0 Å². The molecule has 3 aromatic heterocycles. The molecule has 0 amide bonds. The minimum Gasteiger partial charge on any atom is -0.493 e. The van der Waals surface area contributed by atoms with Crippen LogP contribution in [0.3, 0.4) is 0 Å². The summed E-state index contributed by atoms with van der Waals surface area (Å²) in [5, 5.41) is 4.24. The molecule has 1 aromatic carbocycles. The molecule has 0 aliphatic carbocycles. The first-order valence-corrected chi connectivity index (χ1v) is 10.1. The van der Waals surface area contributed by atoms with Crippen molar-refractivity contribution in [2.75, 3.05) is 19.0 Å². The summed E-state index contributed by atoms with van der Waals surface area (Å²) in [6, 6.07) is 5.32. The third kappa shape index (κ3) is 4.37. The molecule has 0 spiro atoms. The van der Waals surface area contributed by atoms with Crippen LogP contribution in [-0.2, 0) is 6.54 Å². The quantitative estimate of drug-likeness (QED) is 0.420. The number of H-pyrrole nitrogens is 1. The first-order valence-electron chi connectivity index (χ1n) is 10.1. The Morgan fingerprint density at radius 3 is 2.68 bits per heavy atom. The van der Waals surface area contributed by atoms with Crippen molar-refractivity contribution in [1.82, 2.24) is 19.5 Å². The zero-order valence-electron chi connectivity index (χ0n) is 17.8. The van der Waals surface area contributed by atoms with Gasteiger partial charge in [0.15, 0.2) is 11.5 Å². The normalized spacial score (nSPS) is 10.9. The highest BCUT2D eigenvalue weighted by Gasteiger charge is 2.15. The first kappa shape index (κ1) is 20.5. The number of aromatic amines is 1. The molecule has 0 atom stereocenters. The summed E-state index contributed by atoms with van der Waals surface area (Å²) >= 11 is 0. The number of nitrogens with one attached hydrogen (secondary N) is 2. The highest BCUT2D eigenvalue weighted by molar-refractivity contribution is 5.97. The Kier molecular flexibility index (Phi) is 5.88. The molecule has 31 heavy (non-hydrogen) atoms. The summed E-state index contributed by atoms with van der Waals surface area (Å²) in [6.07, 6.45) is 9.81. The van der Waals surface area contributed by atoms with Gasteiger partial charge in [-0.1, -0.05) is 0 Å². The second-order valence-electron chi connectivity index (χ2n) is 7.34. The van der Waals surface area contributed by atoms with E-state index in [2.05, 4.69) is 20.3 Å². The van der Waals surface area contributed by atoms with Gasteiger partial charge in [-0.2, -0.15) is 0 Å². The standard InChI is InChI=1S/C23H25N5O3/c1-15-12-25-13-16(2)21(15)26-18-11-20(29)27-22-17(18)5-6-19(30-3)23(22)31-10-4-8-28-9-7-24-14-28/h5-7,9,11-14H,4,8,10H2,1-3H3,(H2,25,26,27,29). The molecule has 0 saturated carbocycles. The molecule has 0 radical (unpaired) electrons. The molecule has 0 fully saturated rings. The largest absolute Gasteiger partial charge is 0.493 e. The van der Waals surface area contributed by atoms with E-state index in [4.69, 9.17) is 9.47 Å². The molecule has 4 aromatic rings. The molecule has 8 nitrogen and oxygen atoms in total. The number of rotatable bonds is 8. The predicted molar refractivity (Wildman–Crippen MR) is 120 cm³/mol. The number of aryl methyl sites for hydroxylation is 3. The van der Waals surface area contributed by atoms with Gasteiger partial charge in [-0.15, -0.1) is 0 Å². The summed E-state index contributed by atoms with van der Waals surface area (Å²) in [5.41, 5.74) is 4.00. The summed E-state index contributed by atoms with van der Waals surface area (Å²) in [6.45, 7) is 5.22. The molecule has 0 unspecified atom stereocenters. The van der Waals surface area contributed by atoms with Crippen molar-refractivity contribution in [2.24, 2.45) is 0 Å². The van der Waals surface area contributed by atoms with E-state index < -0.39 is 0 Å². The molecular formula is C23H25N5O3. The second kappa shape index (κ2) is 8.91. The molecule has 0 saturated heterocycles. The van der Waals surface area contributed by atoms with Gasteiger partial charge in [0.05, 0.1) is 31.2 Å². The summed E-state index contributed by atoms with van der Waals surface area (Å²) in [4.78, 5) is 23.7. The van der Waals surface area contributed by atoms with Crippen molar-refractivity contribution in [3.63, 3.8) is 0 Å². The summed E-state index contributed by atoms with van der Waals surface area (Å²) in [5.74, 6) is 1.09. The van der Waals surface area contributed by atoms with Gasteiger partial charge in [0.1, 0.15) is 0 Å². The zero-order chi connectivity index (χ0) is 21.8. The Balaban J connectivity index is 1.68. The SMILES string of the molecule is COc1ccc2c(Nc3c(C)cncc3C)cc(=O)[nH]c2c1OCCCn1ccnc1. The van der Waals surface area contributed by atoms with Crippen LogP contribution in [0.5, 0.6) is 11.5 Å². The van der Waals surface area contributed by atoms with Gasteiger partial charge in [0, 0.05) is 48.5 Å². The molecule has 2 N–H and O–H groups in total. The van der Waals surface area contributed by atoms with Crippen LogP contribution in [0.1, 0.15) is 17.5 Å². The maximum absolute atomic E-state index is 12.5. The number of anilines is 2. The van der Waals surface area contributed by atoms with E-state index in [1.54, 1.807) is 38.1 Å². The average Bonchev–Trinajstić information content (AvgIpc) is 3.27. The van der Waals surface area contributed by atoms with E-state index in [-0.39, 0.29) is 5.56 Å². The Labute approximate surface area is 179 Å². The van der Waals surface area contributed by atoms with Gasteiger partial charge in [-0.05, 0) is 43.5 Å². The van der Waals surface area contributed by atoms with Gasteiger partial charge in [0.2, 0.25) is 0 Å². The highest BCUT2D eigenvalue weighted by atomic mass is 16.5. The molecule has 3 heterocycles. The average molecular weight is 419 g/mol. The lowest BCUT2D eigenvalue weighted by atomic mass is 10.1. The number of fused-ring (bicyclic) bond motifs is 1. The molecule has 160 valence electrons. The minimum atomic E-state index is -0.226. The minimum absolute atomic E-state index is 0.226. The van der Waals surface area contributed by atoms with E-state index in [9.17, 15) is 4.79 Å². The van der Waals surface area contributed by atoms with Crippen LogP contribution in [-0.4, -0.2) is 33.2 Å². The Morgan fingerprint density at radius 1 is 1.16 bits per heavy atom. The van der Waals surface area contributed by atoms with Crippen LogP contribution < -0.4 is 20.3 Å². The van der Waals surface area contributed by atoms with Crippen LogP contribution in [0.4, 0.5) is 11.4 Å². The number of nitrogens with zero attached hydrogens (tertiary/aromatic N) is 3. The van der Waals surface area contributed by atoms with Gasteiger partial charge >= 0.3 is 0 Å². The van der Waals surface area contributed by atoms with Crippen LogP contribution in [0.2, 0.25) is 0 Å². The van der Waals surface area contributed by atoms with Crippen molar-refractivity contribution >= 4 is 22.3 Å². The third-order valence-electron chi connectivity index (χ3n) is 5.11. The maximum Gasteiger partial charge on any atom is 0.250 e. The van der Waals surface area contributed by atoms with E-state index in [1.165, 1.54) is 0 Å². The number of hydrogen-bond acceptors (Lipinski definition) is 6. The number of aromatic nitrogens is 4. The lowest BCUT2D eigenvalue weighted by Gasteiger charge is -2.17.